The first-order valence-electron chi connectivity index (χ1n) is 7.39. The summed E-state index contributed by atoms with van der Waals surface area (Å²) in [6.07, 6.45) is 3.53. The van der Waals surface area contributed by atoms with Gasteiger partial charge in [-0.15, -0.1) is 0 Å². The van der Waals surface area contributed by atoms with Crippen LogP contribution in [0.25, 0.3) is 0 Å². The molecule has 106 valence electrons. The third-order valence-corrected chi connectivity index (χ3v) is 3.77. The van der Waals surface area contributed by atoms with E-state index in [1.54, 1.807) is 12.1 Å². The van der Waals surface area contributed by atoms with E-state index >= 15 is 0 Å². The Morgan fingerprint density at radius 1 is 1.37 bits per heavy atom. The number of hydrogen-bond acceptors (Lipinski definition) is 2. The Kier molecular flexibility index (Phi) is 5.20. The standard InChI is InChI=1S/C16H25FN2/c1-13(2)9-10-18-14-6-5-11-19(12-14)16-8-4-3-7-15(16)17/h3-4,7-8,13-14,18H,5-6,9-12H2,1-2H3. The fourth-order valence-electron chi connectivity index (χ4n) is 2.65. The van der Waals surface area contributed by atoms with Gasteiger partial charge in [-0.1, -0.05) is 26.0 Å². The van der Waals surface area contributed by atoms with Gasteiger partial charge in [-0.3, -0.25) is 0 Å². The van der Waals surface area contributed by atoms with Crippen LogP contribution in [0.5, 0.6) is 0 Å². The van der Waals surface area contributed by atoms with Crippen molar-refractivity contribution in [3.8, 4) is 0 Å². The summed E-state index contributed by atoms with van der Waals surface area (Å²) in [6, 6.07) is 7.58. The second-order valence-electron chi connectivity index (χ2n) is 5.87. The third kappa shape index (κ3) is 4.20. The van der Waals surface area contributed by atoms with E-state index in [2.05, 4.69) is 24.1 Å². The first kappa shape index (κ1) is 14.3. The summed E-state index contributed by atoms with van der Waals surface area (Å²) in [7, 11) is 0. The van der Waals surface area contributed by atoms with Crippen LogP contribution in [0.4, 0.5) is 10.1 Å². The van der Waals surface area contributed by atoms with Crippen molar-refractivity contribution in [2.75, 3.05) is 24.5 Å². The average Bonchev–Trinajstić information content (AvgIpc) is 2.39. The van der Waals surface area contributed by atoms with E-state index in [0.717, 1.165) is 37.7 Å². The van der Waals surface area contributed by atoms with Gasteiger partial charge in [-0.2, -0.15) is 0 Å². The Morgan fingerprint density at radius 2 is 2.16 bits per heavy atom. The SMILES string of the molecule is CC(C)CCNC1CCCN(c2ccccc2F)C1. The molecule has 0 saturated carbocycles. The molecule has 2 rings (SSSR count). The Bertz CT molecular complexity index is 392. The van der Waals surface area contributed by atoms with E-state index in [4.69, 9.17) is 0 Å². The fourth-order valence-corrected chi connectivity index (χ4v) is 2.65. The molecule has 0 radical (unpaired) electrons. The molecule has 0 spiro atoms. The highest BCUT2D eigenvalue weighted by molar-refractivity contribution is 5.48. The highest BCUT2D eigenvalue weighted by Gasteiger charge is 2.21. The molecule has 1 saturated heterocycles. The molecule has 1 aromatic carbocycles. The predicted molar refractivity (Wildman–Crippen MR) is 79.1 cm³/mol. The van der Waals surface area contributed by atoms with E-state index in [9.17, 15) is 4.39 Å². The maximum Gasteiger partial charge on any atom is 0.146 e. The zero-order valence-corrected chi connectivity index (χ0v) is 12.0. The second-order valence-corrected chi connectivity index (χ2v) is 5.87. The Balaban J connectivity index is 1.88. The molecule has 0 aliphatic carbocycles. The number of anilines is 1. The normalized spacial score (nSPS) is 20.0. The molecule has 1 aliphatic rings. The van der Waals surface area contributed by atoms with Crippen LogP contribution in [-0.4, -0.2) is 25.7 Å². The molecular formula is C16H25FN2. The summed E-state index contributed by atoms with van der Waals surface area (Å²) >= 11 is 0. The molecule has 1 N–H and O–H groups in total. The van der Waals surface area contributed by atoms with Gasteiger partial charge in [-0.25, -0.2) is 4.39 Å². The van der Waals surface area contributed by atoms with Crippen molar-refractivity contribution < 1.29 is 4.39 Å². The van der Waals surface area contributed by atoms with E-state index in [1.165, 1.54) is 12.8 Å². The molecule has 0 amide bonds. The summed E-state index contributed by atoms with van der Waals surface area (Å²) in [6.45, 7) is 7.43. The summed E-state index contributed by atoms with van der Waals surface area (Å²) in [5.74, 6) is 0.629. The van der Waals surface area contributed by atoms with Crippen LogP contribution in [0, 0.1) is 11.7 Å². The zero-order chi connectivity index (χ0) is 13.7. The van der Waals surface area contributed by atoms with E-state index in [1.807, 2.05) is 12.1 Å². The Morgan fingerprint density at radius 3 is 2.89 bits per heavy atom. The van der Waals surface area contributed by atoms with Crippen molar-refractivity contribution in [1.82, 2.24) is 5.32 Å². The Labute approximate surface area is 116 Å². The minimum atomic E-state index is -0.106. The number of halogens is 1. The predicted octanol–water partition coefficient (Wildman–Crippen LogP) is 3.43. The Hall–Kier alpha value is -1.09. The molecule has 1 fully saturated rings. The molecule has 2 nitrogen and oxygen atoms in total. The lowest BCUT2D eigenvalue weighted by Crippen LogP contribution is -2.46. The fraction of sp³-hybridized carbons (Fsp3) is 0.625. The molecule has 0 aromatic heterocycles. The molecule has 1 aromatic rings. The first-order valence-corrected chi connectivity index (χ1v) is 7.39. The number of piperidine rings is 1. The van der Waals surface area contributed by atoms with E-state index in [0.29, 0.717) is 6.04 Å². The van der Waals surface area contributed by atoms with Crippen LogP contribution in [0.2, 0.25) is 0 Å². The summed E-state index contributed by atoms with van der Waals surface area (Å²) in [5.41, 5.74) is 0.748. The maximum absolute atomic E-state index is 13.8. The summed E-state index contributed by atoms with van der Waals surface area (Å²) in [4.78, 5) is 2.17. The van der Waals surface area contributed by atoms with Gasteiger partial charge in [0.25, 0.3) is 0 Å². The topological polar surface area (TPSA) is 15.3 Å². The smallest absolute Gasteiger partial charge is 0.146 e. The van der Waals surface area contributed by atoms with Gasteiger partial charge in [0.1, 0.15) is 5.82 Å². The minimum Gasteiger partial charge on any atom is -0.368 e. The lowest BCUT2D eigenvalue weighted by molar-refractivity contribution is 0.404. The van der Waals surface area contributed by atoms with E-state index < -0.39 is 0 Å². The van der Waals surface area contributed by atoms with Gasteiger partial charge in [0.05, 0.1) is 5.69 Å². The monoisotopic (exact) mass is 264 g/mol. The highest BCUT2D eigenvalue weighted by atomic mass is 19.1. The summed E-state index contributed by atoms with van der Waals surface area (Å²) in [5, 5.41) is 3.61. The van der Waals surface area contributed by atoms with Crippen LogP contribution in [0.1, 0.15) is 33.1 Å². The molecule has 1 atom stereocenters. The summed E-state index contributed by atoms with van der Waals surface area (Å²) < 4.78 is 13.8. The van der Waals surface area contributed by atoms with Crippen molar-refractivity contribution in [1.29, 1.82) is 0 Å². The largest absolute Gasteiger partial charge is 0.368 e. The zero-order valence-electron chi connectivity index (χ0n) is 12.0. The van der Waals surface area contributed by atoms with Crippen molar-refractivity contribution in [3.05, 3.63) is 30.1 Å². The van der Waals surface area contributed by atoms with Crippen molar-refractivity contribution in [3.63, 3.8) is 0 Å². The van der Waals surface area contributed by atoms with Crippen LogP contribution < -0.4 is 10.2 Å². The molecule has 1 heterocycles. The molecule has 19 heavy (non-hydrogen) atoms. The first-order chi connectivity index (χ1) is 9.16. The van der Waals surface area contributed by atoms with Crippen LogP contribution in [0.15, 0.2) is 24.3 Å². The van der Waals surface area contributed by atoms with Crippen LogP contribution in [0.3, 0.4) is 0 Å². The molecule has 1 aliphatic heterocycles. The number of nitrogens with zero attached hydrogens (tertiary/aromatic N) is 1. The lowest BCUT2D eigenvalue weighted by Gasteiger charge is -2.35. The van der Waals surface area contributed by atoms with Gasteiger partial charge in [-0.05, 0) is 43.9 Å². The van der Waals surface area contributed by atoms with Gasteiger partial charge >= 0.3 is 0 Å². The quantitative estimate of drug-likeness (QED) is 0.876. The number of hydrogen-bond donors (Lipinski definition) is 1. The van der Waals surface area contributed by atoms with E-state index in [-0.39, 0.29) is 5.82 Å². The van der Waals surface area contributed by atoms with Gasteiger partial charge in [0.2, 0.25) is 0 Å². The maximum atomic E-state index is 13.8. The van der Waals surface area contributed by atoms with Crippen molar-refractivity contribution in [2.45, 2.75) is 39.2 Å². The average molecular weight is 264 g/mol. The molecular weight excluding hydrogens is 239 g/mol. The van der Waals surface area contributed by atoms with Gasteiger partial charge in [0, 0.05) is 19.1 Å². The molecule has 0 bridgehead atoms. The lowest BCUT2D eigenvalue weighted by atomic mass is 10.0. The number of para-hydroxylation sites is 1. The number of benzene rings is 1. The van der Waals surface area contributed by atoms with Gasteiger partial charge < -0.3 is 10.2 Å². The number of rotatable bonds is 5. The van der Waals surface area contributed by atoms with Crippen molar-refractivity contribution >= 4 is 5.69 Å². The van der Waals surface area contributed by atoms with Crippen LogP contribution >= 0.6 is 0 Å². The molecule has 3 heteroatoms. The molecule has 1 unspecified atom stereocenters. The third-order valence-electron chi connectivity index (χ3n) is 3.77. The van der Waals surface area contributed by atoms with Crippen LogP contribution in [-0.2, 0) is 0 Å². The highest BCUT2D eigenvalue weighted by Crippen LogP contribution is 2.22. The minimum absolute atomic E-state index is 0.106. The van der Waals surface area contributed by atoms with Crippen molar-refractivity contribution in [2.24, 2.45) is 5.92 Å². The second kappa shape index (κ2) is 6.90. The van der Waals surface area contributed by atoms with Gasteiger partial charge in [0.15, 0.2) is 0 Å². The number of nitrogens with one attached hydrogen (secondary N) is 1.